The molecule has 0 unspecified atom stereocenters. The van der Waals surface area contributed by atoms with E-state index in [1.807, 2.05) is 0 Å². The van der Waals surface area contributed by atoms with E-state index in [4.69, 9.17) is 18.0 Å². The van der Waals surface area contributed by atoms with Gasteiger partial charge in [-0.2, -0.15) is 0 Å². The molecular formula is C13H25N5S. The molecule has 0 radical (unpaired) electrons. The third-order valence-electron chi connectivity index (χ3n) is 3.97. The van der Waals surface area contributed by atoms with Gasteiger partial charge in [-0.15, -0.1) is 5.12 Å². The minimum absolute atomic E-state index is 0.491. The largest absolute Gasteiger partial charge is 0.393 e. The molecule has 1 saturated carbocycles. The van der Waals surface area contributed by atoms with Crippen LogP contribution in [-0.4, -0.2) is 34.1 Å². The van der Waals surface area contributed by atoms with Crippen molar-refractivity contribution in [1.29, 1.82) is 0 Å². The summed E-state index contributed by atoms with van der Waals surface area (Å²) < 4.78 is 0. The van der Waals surface area contributed by atoms with Gasteiger partial charge in [0.2, 0.25) is 0 Å². The summed E-state index contributed by atoms with van der Waals surface area (Å²) in [4.78, 5) is 2.84. The molecule has 0 bridgehead atoms. The van der Waals surface area contributed by atoms with Gasteiger partial charge in [0, 0.05) is 13.1 Å². The Morgan fingerprint density at radius 3 is 2.42 bits per heavy atom. The van der Waals surface area contributed by atoms with E-state index in [9.17, 15) is 0 Å². The van der Waals surface area contributed by atoms with Crippen molar-refractivity contribution >= 4 is 17.2 Å². The summed E-state index contributed by atoms with van der Waals surface area (Å²) in [7, 11) is 0. The monoisotopic (exact) mass is 283 g/mol. The van der Waals surface area contributed by atoms with Crippen LogP contribution in [0.4, 0.5) is 0 Å². The lowest BCUT2D eigenvalue weighted by Crippen LogP contribution is -2.62. The minimum Gasteiger partial charge on any atom is -0.393 e. The first-order valence-electron chi connectivity index (χ1n) is 7.28. The molecule has 0 aromatic rings. The van der Waals surface area contributed by atoms with Crippen molar-refractivity contribution < 1.29 is 0 Å². The Labute approximate surface area is 121 Å². The molecule has 6 heteroatoms. The predicted molar refractivity (Wildman–Crippen MR) is 81.7 cm³/mol. The highest BCUT2D eigenvalue weighted by molar-refractivity contribution is 7.80. The van der Waals surface area contributed by atoms with Crippen molar-refractivity contribution in [3.05, 3.63) is 11.5 Å². The standard InChI is InChI=1S/C13H25N5S/c1-3-17(4-2)12-11(14)13(19)16-18(15-12)10-8-6-5-7-9-10/h10,15H,3-9,14H2,1-2H3,(H,16,19). The molecule has 0 aromatic carbocycles. The summed E-state index contributed by atoms with van der Waals surface area (Å²) in [5.41, 5.74) is 13.4. The third kappa shape index (κ3) is 3.12. The van der Waals surface area contributed by atoms with Crippen molar-refractivity contribution in [2.75, 3.05) is 13.1 Å². The molecule has 1 fully saturated rings. The number of nitrogens with one attached hydrogen (secondary N) is 2. The first kappa shape index (κ1) is 14.4. The van der Waals surface area contributed by atoms with Gasteiger partial charge in [-0.1, -0.05) is 31.5 Å². The molecule has 2 rings (SSSR count). The second-order valence-corrected chi connectivity index (χ2v) is 5.56. The van der Waals surface area contributed by atoms with Crippen LogP contribution in [0.3, 0.4) is 0 Å². The van der Waals surface area contributed by atoms with Gasteiger partial charge in [-0.25, -0.2) is 0 Å². The molecule has 0 amide bonds. The summed E-state index contributed by atoms with van der Waals surface area (Å²) in [6, 6.07) is 0.491. The van der Waals surface area contributed by atoms with Crippen LogP contribution in [-0.2, 0) is 0 Å². The number of hydrazine groups is 2. The molecule has 1 aliphatic heterocycles. The van der Waals surface area contributed by atoms with Crippen LogP contribution < -0.4 is 16.6 Å². The Bertz CT molecular complexity index is 358. The van der Waals surface area contributed by atoms with Crippen LogP contribution >= 0.6 is 12.2 Å². The minimum atomic E-state index is 0.491. The average Bonchev–Trinajstić information content (AvgIpc) is 2.45. The molecule has 0 aromatic heterocycles. The van der Waals surface area contributed by atoms with Gasteiger partial charge in [-0.05, 0) is 26.7 Å². The number of hydrogen-bond acceptors (Lipinski definition) is 5. The van der Waals surface area contributed by atoms with Crippen molar-refractivity contribution in [3.8, 4) is 0 Å². The lowest BCUT2D eigenvalue weighted by atomic mass is 9.96. The normalized spacial score (nSPS) is 22.1. The van der Waals surface area contributed by atoms with Gasteiger partial charge in [0.25, 0.3) is 0 Å². The van der Waals surface area contributed by atoms with Crippen LogP contribution in [0.1, 0.15) is 46.0 Å². The summed E-state index contributed by atoms with van der Waals surface area (Å²) in [5.74, 6) is 0.944. The Kier molecular flexibility index (Phi) is 4.87. The third-order valence-corrected chi connectivity index (χ3v) is 4.28. The van der Waals surface area contributed by atoms with Crippen molar-refractivity contribution in [3.63, 3.8) is 0 Å². The molecule has 5 nitrogen and oxygen atoms in total. The highest BCUT2D eigenvalue weighted by atomic mass is 32.1. The van der Waals surface area contributed by atoms with E-state index in [0.29, 0.717) is 16.7 Å². The van der Waals surface area contributed by atoms with Crippen molar-refractivity contribution in [2.24, 2.45) is 5.73 Å². The fourth-order valence-corrected chi connectivity index (χ4v) is 2.98. The maximum Gasteiger partial charge on any atom is 0.144 e. The number of rotatable bonds is 4. The van der Waals surface area contributed by atoms with Crippen LogP contribution in [0.25, 0.3) is 0 Å². The van der Waals surface area contributed by atoms with Crippen LogP contribution in [0.5, 0.6) is 0 Å². The lowest BCUT2D eigenvalue weighted by Gasteiger charge is -2.42. The second-order valence-electron chi connectivity index (χ2n) is 5.15. The molecule has 0 atom stereocenters. The highest BCUT2D eigenvalue weighted by Gasteiger charge is 2.29. The van der Waals surface area contributed by atoms with E-state index in [-0.39, 0.29) is 0 Å². The molecule has 1 aliphatic carbocycles. The average molecular weight is 283 g/mol. The van der Waals surface area contributed by atoms with E-state index in [2.05, 4.69) is 34.7 Å². The number of thiocarbonyl (C=S) groups is 1. The van der Waals surface area contributed by atoms with Crippen molar-refractivity contribution in [2.45, 2.75) is 52.0 Å². The Hall–Kier alpha value is -1.01. The van der Waals surface area contributed by atoms with Crippen LogP contribution in [0.15, 0.2) is 11.5 Å². The fraction of sp³-hybridized carbons (Fsp3) is 0.769. The lowest BCUT2D eigenvalue weighted by molar-refractivity contribution is 0.0594. The fourth-order valence-electron chi connectivity index (χ4n) is 2.78. The maximum atomic E-state index is 6.11. The molecule has 0 saturated heterocycles. The Balaban J connectivity index is 2.13. The van der Waals surface area contributed by atoms with Gasteiger partial charge in [0.05, 0.1) is 6.04 Å². The Morgan fingerprint density at radius 2 is 1.84 bits per heavy atom. The SMILES string of the molecule is CCN(CC)C1=C(N)C(=S)NN(C2CCCCC2)N1. The predicted octanol–water partition coefficient (Wildman–Crippen LogP) is 1.44. The first-order chi connectivity index (χ1) is 9.17. The summed E-state index contributed by atoms with van der Waals surface area (Å²) in [6.45, 7) is 6.09. The van der Waals surface area contributed by atoms with E-state index < -0.39 is 0 Å². The number of hydrogen-bond donors (Lipinski definition) is 3. The topological polar surface area (TPSA) is 56.6 Å². The summed E-state index contributed by atoms with van der Waals surface area (Å²) >= 11 is 5.36. The van der Waals surface area contributed by atoms with E-state index in [1.165, 1.54) is 32.1 Å². The first-order valence-corrected chi connectivity index (χ1v) is 7.69. The van der Waals surface area contributed by atoms with Gasteiger partial charge in [0.1, 0.15) is 16.5 Å². The van der Waals surface area contributed by atoms with Crippen LogP contribution in [0.2, 0.25) is 0 Å². The van der Waals surface area contributed by atoms with E-state index in [0.717, 1.165) is 18.9 Å². The Morgan fingerprint density at radius 1 is 1.21 bits per heavy atom. The molecule has 4 N–H and O–H groups in total. The zero-order valence-electron chi connectivity index (χ0n) is 11.9. The molecular weight excluding hydrogens is 258 g/mol. The molecule has 2 aliphatic rings. The van der Waals surface area contributed by atoms with E-state index >= 15 is 0 Å². The zero-order valence-corrected chi connectivity index (χ0v) is 12.7. The van der Waals surface area contributed by atoms with Crippen LogP contribution in [0, 0.1) is 0 Å². The summed E-state index contributed by atoms with van der Waals surface area (Å²) in [5, 5.41) is 2.06. The van der Waals surface area contributed by atoms with Gasteiger partial charge < -0.3 is 10.6 Å². The second kappa shape index (κ2) is 6.43. The molecule has 19 heavy (non-hydrogen) atoms. The van der Waals surface area contributed by atoms with Gasteiger partial charge in [0.15, 0.2) is 0 Å². The summed E-state index contributed by atoms with van der Waals surface area (Å²) in [6.07, 6.45) is 6.33. The zero-order chi connectivity index (χ0) is 13.8. The van der Waals surface area contributed by atoms with E-state index in [1.54, 1.807) is 0 Å². The number of nitrogens with two attached hydrogens (primary N) is 1. The molecule has 1 heterocycles. The van der Waals surface area contributed by atoms with Gasteiger partial charge in [-0.3, -0.25) is 10.9 Å². The maximum absolute atomic E-state index is 6.11. The van der Waals surface area contributed by atoms with Crippen molar-refractivity contribution in [1.82, 2.24) is 20.9 Å². The quantitative estimate of drug-likeness (QED) is 0.679. The smallest absolute Gasteiger partial charge is 0.144 e. The van der Waals surface area contributed by atoms with Gasteiger partial charge >= 0.3 is 0 Å². The molecule has 108 valence electrons. The number of nitrogens with zero attached hydrogens (tertiary/aromatic N) is 2. The highest BCUT2D eigenvalue weighted by Crippen LogP contribution is 2.22. The molecule has 0 spiro atoms.